The van der Waals surface area contributed by atoms with Crippen LogP contribution in [0.4, 0.5) is 23.0 Å². The topological polar surface area (TPSA) is 164 Å². The van der Waals surface area contributed by atoms with Crippen molar-refractivity contribution in [1.29, 1.82) is 0 Å². The van der Waals surface area contributed by atoms with Crippen molar-refractivity contribution < 1.29 is 19.4 Å². The number of amides is 2. The number of benzene rings is 1. The summed E-state index contributed by atoms with van der Waals surface area (Å²) >= 11 is 0. The molecular formula is C42H49N9O5. The van der Waals surface area contributed by atoms with Crippen LogP contribution in [0.25, 0.3) is 17.3 Å². The Morgan fingerprint density at radius 2 is 1.91 bits per heavy atom. The molecule has 3 fully saturated rings. The van der Waals surface area contributed by atoms with Crippen LogP contribution >= 0.6 is 0 Å². The summed E-state index contributed by atoms with van der Waals surface area (Å²) in [6, 6.07) is 10.4. The van der Waals surface area contributed by atoms with E-state index in [1.165, 1.54) is 41.2 Å². The highest BCUT2D eigenvalue weighted by Crippen LogP contribution is 2.57. The number of aromatic nitrogens is 4. The zero-order valence-corrected chi connectivity index (χ0v) is 32.0. The number of piperazine rings is 1. The van der Waals surface area contributed by atoms with E-state index >= 15 is 0 Å². The molecule has 14 nitrogen and oxygen atoms in total. The van der Waals surface area contributed by atoms with Crippen molar-refractivity contribution in [1.82, 2.24) is 24.0 Å². The highest BCUT2D eigenvalue weighted by molar-refractivity contribution is 6.06. The van der Waals surface area contributed by atoms with Gasteiger partial charge in [0.25, 0.3) is 11.5 Å². The Morgan fingerprint density at radius 1 is 1.09 bits per heavy atom. The molecule has 1 spiro atoms. The lowest BCUT2D eigenvalue weighted by molar-refractivity contribution is -0.113. The molecule has 0 radical (unpaired) electrons. The first-order valence-corrected chi connectivity index (χ1v) is 19.8. The van der Waals surface area contributed by atoms with Crippen LogP contribution < -0.4 is 26.4 Å². The van der Waals surface area contributed by atoms with Gasteiger partial charge in [-0.3, -0.25) is 24.2 Å². The van der Waals surface area contributed by atoms with Gasteiger partial charge in [0.1, 0.15) is 11.5 Å². The van der Waals surface area contributed by atoms with Crippen LogP contribution in [0.1, 0.15) is 71.9 Å². The van der Waals surface area contributed by atoms with Crippen LogP contribution in [-0.4, -0.2) is 92.4 Å². The molecule has 6 heterocycles. The first-order valence-electron chi connectivity index (χ1n) is 19.8. The van der Waals surface area contributed by atoms with Crippen LogP contribution in [0.5, 0.6) is 0 Å². The molecule has 3 aliphatic heterocycles. The number of aryl methyl sites for hydroxylation is 1. The summed E-state index contributed by atoms with van der Waals surface area (Å²) < 4.78 is 9.23. The first kappa shape index (κ1) is 36.3. The monoisotopic (exact) mass is 759 g/mol. The van der Waals surface area contributed by atoms with Gasteiger partial charge in [-0.1, -0.05) is 0 Å². The number of carbonyl (C=O) groups is 2. The van der Waals surface area contributed by atoms with Crippen LogP contribution in [0.3, 0.4) is 0 Å². The standard InChI is InChI=1S/C42H49N9O5/c1-26-23-48(29-9-19-56-20-10-29)15-16-49(26)34-5-4-28(21-27(34)3-6-37(43)53)45-38-41(55)47(2)24-33(46-38)30-8-14-44-39(31(30)25-52)51-18-17-50-35-7-11-42(12-13-42)32(35)22-36(50)40(51)54/h3-6,8,14,21-22,24,26,29,52H,7,9-13,15-20,23,25H2,1-2H3,(H2,43,53)(H,45,46)/t26-/m0/s1. The number of primary amides is 1. The minimum absolute atomic E-state index is 0.0821. The third kappa shape index (κ3) is 6.39. The number of carbonyl (C=O) groups excluding carboxylic acids is 2. The van der Waals surface area contributed by atoms with E-state index in [1.54, 1.807) is 36.5 Å². The summed E-state index contributed by atoms with van der Waals surface area (Å²) in [6.45, 7) is 7.22. The second-order valence-electron chi connectivity index (χ2n) is 16.0. The van der Waals surface area contributed by atoms with Crippen molar-refractivity contribution in [2.45, 2.75) is 76.1 Å². The number of nitrogens with zero attached hydrogens (tertiary/aromatic N) is 7. The van der Waals surface area contributed by atoms with Crippen LogP contribution in [-0.2, 0) is 41.6 Å². The molecule has 1 atom stereocenters. The number of anilines is 4. The highest BCUT2D eigenvalue weighted by atomic mass is 16.5. The molecule has 5 aliphatic rings. The van der Waals surface area contributed by atoms with Gasteiger partial charge in [0.15, 0.2) is 5.82 Å². The molecule has 56 heavy (non-hydrogen) atoms. The normalized spacial score (nSPS) is 20.8. The maximum atomic E-state index is 14.0. The van der Waals surface area contributed by atoms with Crippen LogP contribution in [0.2, 0.25) is 0 Å². The van der Waals surface area contributed by atoms with E-state index in [9.17, 15) is 19.5 Å². The average Bonchev–Trinajstić information content (AvgIpc) is 3.78. The molecule has 2 amide bonds. The van der Waals surface area contributed by atoms with Gasteiger partial charge in [-0.25, -0.2) is 9.97 Å². The Balaban J connectivity index is 0.997. The van der Waals surface area contributed by atoms with E-state index < -0.39 is 5.91 Å². The van der Waals surface area contributed by atoms with Gasteiger partial charge >= 0.3 is 0 Å². The summed E-state index contributed by atoms with van der Waals surface area (Å²) in [6.07, 6.45) is 13.0. The fraction of sp³-hybridized carbons (Fsp3) is 0.452. The Bertz CT molecular complexity index is 2300. The summed E-state index contributed by atoms with van der Waals surface area (Å²) in [5.41, 5.74) is 12.6. The number of hydrogen-bond donors (Lipinski definition) is 3. The second kappa shape index (κ2) is 14.3. The third-order valence-corrected chi connectivity index (χ3v) is 12.7. The van der Waals surface area contributed by atoms with Crippen LogP contribution in [0, 0.1) is 0 Å². The maximum Gasteiger partial charge on any atom is 0.293 e. The number of hydrogen-bond acceptors (Lipinski definition) is 10. The Hall–Kier alpha value is -5.31. The Morgan fingerprint density at radius 3 is 2.66 bits per heavy atom. The minimum atomic E-state index is -0.554. The molecule has 0 bridgehead atoms. The third-order valence-electron chi connectivity index (χ3n) is 12.7. The molecule has 292 valence electrons. The Kier molecular flexibility index (Phi) is 9.29. The van der Waals surface area contributed by atoms with Gasteiger partial charge in [-0.2, -0.15) is 0 Å². The molecule has 14 heteroatoms. The van der Waals surface area contributed by atoms with E-state index in [2.05, 4.69) is 37.7 Å². The lowest BCUT2D eigenvalue weighted by atomic mass is 10.0. The summed E-state index contributed by atoms with van der Waals surface area (Å²) in [5.74, 6) is -0.212. The van der Waals surface area contributed by atoms with Crippen molar-refractivity contribution in [2.75, 3.05) is 54.5 Å². The molecule has 4 N–H and O–H groups in total. The molecule has 2 aliphatic carbocycles. The number of fused-ring (bicyclic) bond motifs is 4. The first-order chi connectivity index (χ1) is 27.1. The summed E-state index contributed by atoms with van der Waals surface area (Å²) in [5, 5.41) is 14.0. The van der Waals surface area contributed by atoms with E-state index in [0.717, 1.165) is 63.4 Å². The quantitative estimate of drug-likeness (QED) is 0.215. The van der Waals surface area contributed by atoms with Crippen molar-refractivity contribution in [3.8, 4) is 11.3 Å². The molecule has 1 aromatic carbocycles. The largest absolute Gasteiger partial charge is 0.392 e. The van der Waals surface area contributed by atoms with Crippen molar-refractivity contribution in [2.24, 2.45) is 12.8 Å². The van der Waals surface area contributed by atoms with Gasteiger partial charge < -0.3 is 34.9 Å². The predicted molar refractivity (Wildman–Crippen MR) is 214 cm³/mol. The maximum absolute atomic E-state index is 14.0. The van der Waals surface area contributed by atoms with Gasteiger partial charge in [-0.15, -0.1) is 0 Å². The smallest absolute Gasteiger partial charge is 0.293 e. The number of nitrogens with one attached hydrogen (secondary N) is 1. The van der Waals surface area contributed by atoms with E-state index in [-0.39, 0.29) is 35.3 Å². The number of nitrogens with two attached hydrogens (primary N) is 1. The van der Waals surface area contributed by atoms with E-state index in [4.69, 9.17) is 15.5 Å². The molecular weight excluding hydrogens is 711 g/mol. The molecule has 1 saturated carbocycles. The molecule has 2 saturated heterocycles. The molecule has 9 rings (SSSR count). The van der Waals surface area contributed by atoms with Gasteiger partial charge in [0.2, 0.25) is 5.91 Å². The second-order valence-corrected chi connectivity index (χ2v) is 16.0. The average molecular weight is 760 g/mol. The lowest BCUT2D eigenvalue weighted by Gasteiger charge is -2.45. The Labute approximate surface area is 325 Å². The van der Waals surface area contributed by atoms with Gasteiger partial charge in [0.05, 0.1) is 12.3 Å². The molecule has 3 aromatic heterocycles. The van der Waals surface area contributed by atoms with Crippen molar-refractivity contribution in [3.05, 3.63) is 87.2 Å². The number of aliphatic hydroxyl groups excluding tert-OH is 1. The summed E-state index contributed by atoms with van der Waals surface area (Å²) in [7, 11) is 1.65. The predicted octanol–water partition coefficient (Wildman–Crippen LogP) is 3.71. The van der Waals surface area contributed by atoms with E-state index in [1.807, 2.05) is 18.2 Å². The SMILES string of the molecule is C[C@H]1CN(C2CCOCC2)CCN1c1ccc(Nc2nc(-c3ccnc(N4CCn5c(cc6c5CCC65CC5)C4=O)c3CO)cn(C)c2=O)cc1C=CC(N)=O. The number of aliphatic hydroxyl groups is 1. The van der Waals surface area contributed by atoms with Crippen LogP contribution in [0.15, 0.2) is 53.6 Å². The van der Waals surface area contributed by atoms with E-state index in [0.29, 0.717) is 53.2 Å². The fourth-order valence-corrected chi connectivity index (χ4v) is 9.54. The fourth-order valence-electron chi connectivity index (χ4n) is 9.54. The number of pyridine rings is 1. The molecule has 0 unspecified atom stereocenters. The zero-order valence-electron chi connectivity index (χ0n) is 32.0. The minimum Gasteiger partial charge on any atom is -0.392 e. The van der Waals surface area contributed by atoms with Crippen molar-refractivity contribution in [3.63, 3.8) is 0 Å². The van der Waals surface area contributed by atoms with Crippen molar-refractivity contribution >= 4 is 40.9 Å². The highest BCUT2D eigenvalue weighted by Gasteiger charge is 2.51. The number of ether oxygens (including phenoxy) is 1. The zero-order chi connectivity index (χ0) is 38.7. The number of rotatable bonds is 9. The summed E-state index contributed by atoms with van der Waals surface area (Å²) in [4.78, 5) is 55.4. The lowest BCUT2D eigenvalue weighted by Crippen LogP contribution is -2.56. The van der Waals surface area contributed by atoms with Gasteiger partial charge in [-0.05, 0) is 92.8 Å². The van der Waals surface area contributed by atoms with Gasteiger partial charge in [0, 0.05) is 117 Å². The molecule has 4 aromatic rings.